The van der Waals surface area contributed by atoms with Crippen LogP contribution in [0.4, 0.5) is 5.13 Å². The zero-order chi connectivity index (χ0) is 22.1. The third kappa shape index (κ3) is 3.92. The maximum atomic E-state index is 12.5. The van der Waals surface area contributed by atoms with Crippen molar-refractivity contribution in [3.63, 3.8) is 0 Å². The molecule has 5 rings (SSSR count). The lowest BCUT2D eigenvalue weighted by atomic mass is 10.1. The molecule has 5 aromatic rings. The zero-order valence-corrected chi connectivity index (χ0v) is 19.1. The molecule has 3 heterocycles. The second kappa shape index (κ2) is 8.60. The minimum atomic E-state index is -0.127. The Morgan fingerprint density at radius 1 is 1.12 bits per heavy atom. The van der Waals surface area contributed by atoms with E-state index < -0.39 is 0 Å². The molecule has 32 heavy (non-hydrogen) atoms. The maximum absolute atomic E-state index is 12.5. The lowest BCUT2D eigenvalue weighted by Crippen LogP contribution is -2.14. The average molecular weight is 461 g/mol. The van der Waals surface area contributed by atoms with E-state index in [1.807, 2.05) is 59.5 Å². The number of rotatable bonds is 6. The quantitative estimate of drug-likeness (QED) is 0.339. The number of carbonyl (C=O) groups excluding carboxylic acids is 1. The van der Waals surface area contributed by atoms with Crippen LogP contribution in [0.1, 0.15) is 11.3 Å². The van der Waals surface area contributed by atoms with Crippen molar-refractivity contribution in [2.24, 2.45) is 0 Å². The zero-order valence-electron chi connectivity index (χ0n) is 17.5. The fraction of sp³-hybridized carbons (Fsp3) is 0.130. The molecular formula is C23H20N6OS2. The van der Waals surface area contributed by atoms with E-state index in [4.69, 9.17) is 0 Å². The number of benzene rings is 2. The largest absolute Gasteiger partial charge is 0.360 e. The van der Waals surface area contributed by atoms with Gasteiger partial charge in [0.1, 0.15) is 0 Å². The van der Waals surface area contributed by atoms with Crippen LogP contribution in [0.2, 0.25) is 0 Å². The van der Waals surface area contributed by atoms with Crippen molar-refractivity contribution in [2.45, 2.75) is 19.0 Å². The molecule has 0 spiro atoms. The molecule has 9 heteroatoms. The Bertz CT molecular complexity index is 1420. The summed E-state index contributed by atoms with van der Waals surface area (Å²) in [6.07, 6.45) is 1.95. The molecule has 2 N–H and O–H groups in total. The van der Waals surface area contributed by atoms with Crippen LogP contribution in [0.25, 0.3) is 28.0 Å². The van der Waals surface area contributed by atoms with Crippen molar-refractivity contribution in [2.75, 3.05) is 11.1 Å². The fourth-order valence-electron chi connectivity index (χ4n) is 3.52. The highest BCUT2D eigenvalue weighted by molar-refractivity contribution is 7.99. The summed E-state index contributed by atoms with van der Waals surface area (Å²) in [5, 5.41) is 16.1. The number of thioether (sulfide) groups is 1. The van der Waals surface area contributed by atoms with Crippen LogP contribution in [0, 0.1) is 13.8 Å². The third-order valence-corrected chi connectivity index (χ3v) is 6.82. The van der Waals surface area contributed by atoms with E-state index in [1.54, 1.807) is 0 Å². The van der Waals surface area contributed by atoms with Crippen molar-refractivity contribution < 1.29 is 4.79 Å². The molecule has 2 aromatic carbocycles. The normalized spacial score (nSPS) is 11.2. The summed E-state index contributed by atoms with van der Waals surface area (Å²) < 4.78 is 2.02. The number of nitrogens with one attached hydrogen (secondary N) is 2. The van der Waals surface area contributed by atoms with Gasteiger partial charge in [0.2, 0.25) is 5.91 Å². The van der Waals surface area contributed by atoms with E-state index in [2.05, 4.69) is 44.5 Å². The minimum absolute atomic E-state index is 0.127. The number of aromatic nitrogens is 5. The number of thiazole rings is 1. The number of fused-ring (bicyclic) bond motifs is 1. The Balaban J connectivity index is 1.50. The van der Waals surface area contributed by atoms with Gasteiger partial charge in [0.25, 0.3) is 0 Å². The number of para-hydroxylation sites is 2. The summed E-state index contributed by atoms with van der Waals surface area (Å²) in [6.45, 7) is 3.96. The summed E-state index contributed by atoms with van der Waals surface area (Å²) in [6, 6.07) is 16.2. The Morgan fingerprint density at radius 3 is 2.75 bits per heavy atom. The Labute approximate surface area is 192 Å². The summed E-state index contributed by atoms with van der Waals surface area (Å²) in [5.74, 6) is 0.809. The molecule has 0 fully saturated rings. The molecule has 1 amide bonds. The molecule has 0 aliphatic carbocycles. The molecule has 0 saturated heterocycles. The van der Waals surface area contributed by atoms with Gasteiger partial charge in [-0.2, -0.15) is 0 Å². The smallest absolute Gasteiger partial charge is 0.236 e. The first kappa shape index (κ1) is 20.5. The van der Waals surface area contributed by atoms with Gasteiger partial charge >= 0.3 is 0 Å². The number of hydrogen-bond acceptors (Lipinski definition) is 6. The highest BCUT2D eigenvalue weighted by Crippen LogP contribution is 2.33. The predicted octanol–water partition coefficient (Wildman–Crippen LogP) is 5.22. The number of hydrogen-bond donors (Lipinski definition) is 2. The lowest BCUT2D eigenvalue weighted by molar-refractivity contribution is -0.113. The first-order valence-electron chi connectivity index (χ1n) is 10.0. The Morgan fingerprint density at radius 2 is 1.94 bits per heavy atom. The van der Waals surface area contributed by atoms with Crippen LogP contribution in [0.3, 0.4) is 0 Å². The molecule has 0 aliphatic rings. The number of aryl methyl sites for hydroxylation is 2. The molecule has 0 radical (unpaired) electrons. The maximum Gasteiger partial charge on any atom is 0.236 e. The standard InChI is InChI=1S/C23H20N6OS2/c1-14-7-3-6-10-19(14)29-21(17-11-24-18-9-5-4-8-16(17)18)27-28-23(29)32-13-20(30)26-22-25-15(2)12-31-22/h3-12,24H,13H2,1-2H3,(H,25,26,30). The van der Waals surface area contributed by atoms with Crippen molar-refractivity contribution in [3.05, 3.63) is 71.4 Å². The fourth-order valence-corrected chi connectivity index (χ4v) is 4.97. The molecule has 0 aliphatic heterocycles. The number of amides is 1. The van der Waals surface area contributed by atoms with E-state index in [-0.39, 0.29) is 11.7 Å². The molecule has 3 aromatic heterocycles. The van der Waals surface area contributed by atoms with E-state index >= 15 is 0 Å². The van der Waals surface area contributed by atoms with Crippen LogP contribution in [-0.2, 0) is 4.79 Å². The second-order valence-electron chi connectivity index (χ2n) is 7.31. The van der Waals surface area contributed by atoms with Gasteiger partial charge in [0.05, 0.1) is 17.1 Å². The molecule has 0 saturated carbocycles. The highest BCUT2D eigenvalue weighted by Gasteiger charge is 2.20. The van der Waals surface area contributed by atoms with Crippen LogP contribution in [0.5, 0.6) is 0 Å². The van der Waals surface area contributed by atoms with Crippen LogP contribution >= 0.6 is 23.1 Å². The van der Waals surface area contributed by atoms with Gasteiger partial charge in [0, 0.05) is 28.0 Å². The number of carbonyl (C=O) groups is 1. The van der Waals surface area contributed by atoms with Gasteiger partial charge in [-0.05, 0) is 31.5 Å². The van der Waals surface area contributed by atoms with Crippen LogP contribution in [0.15, 0.2) is 65.3 Å². The minimum Gasteiger partial charge on any atom is -0.360 e. The van der Waals surface area contributed by atoms with Gasteiger partial charge in [-0.25, -0.2) is 4.98 Å². The molecule has 160 valence electrons. The molecular weight excluding hydrogens is 440 g/mol. The highest BCUT2D eigenvalue weighted by atomic mass is 32.2. The molecule has 7 nitrogen and oxygen atoms in total. The van der Waals surface area contributed by atoms with Gasteiger partial charge in [-0.3, -0.25) is 9.36 Å². The number of H-pyrrole nitrogens is 1. The van der Waals surface area contributed by atoms with E-state index in [0.717, 1.165) is 39.2 Å². The molecule has 0 bridgehead atoms. The van der Waals surface area contributed by atoms with Crippen molar-refractivity contribution in [1.29, 1.82) is 0 Å². The van der Waals surface area contributed by atoms with E-state index in [0.29, 0.717) is 10.3 Å². The van der Waals surface area contributed by atoms with Crippen molar-refractivity contribution in [3.8, 4) is 17.1 Å². The second-order valence-corrected chi connectivity index (χ2v) is 9.11. The number of nitrogens with zero attached hydrogens (tertiary/aromatic N) is 4. The van der Waals surface area contributed by atoms with Crippen molar-refractivity contribution in [1.82, 2.24) is 24.7 Å². The third-order valence-electron chi connectivity index (χ3n) is 5.02. The summed E-state index contributed by atoms with van der Waals surface area (Å²) in [5.41, 5.74) is 4.97. The molecule has 0 atom stereocenters. The average Bonchev–Trinajstić information content (AvgIpc) is 3.50. The number of anilines is 1. The summed E-state index contributed by atoms with van der Waals surface area (Å²) >= 11 is 2.77. The topological polar surface area (TPSA) is 88.5 Å². The van der Waals surface area contributed by atoms with Gasteiger partial charge in [-0.15, -0.1) is 21.5 Å². The van der Waals surface area contributed by atoms with E-state index in [9.17, 15) is 4.79 Å². The SMILES string of the molecule is Cc1csc(NC(=O)CSc2nnc(-c3c[nH]c4ccccc34)n2-c2ccccc2C)n1. The summed E-state index contributed by atoms with van der Waals surface area (Å²) in [7, 11) is 0. The predicted molar refractivity (Wildman–Crippen MR) is 130 cm³/mol. The number of aromatic amines is 1. The monoisotopic (exact) mass is 460 g/mol. The lowest BCUT2D eigenvalue weighted by Gasteiger charge is -2.12. The Kier molecular flexibility index (Phi) is 5.50. The summed E-state index contributed by atoms with van der Waals surface area (Å²) in [4.78, 5) is 20.1. The van der Waals surface area contributed by atoms with Gasteiger partial charge in [0.15, 0.2) is 16.1 Å². The van der Waals surface area contributed by atoms with Crippen LogP contribution in [-0.4, -0.2) is 36.4 Å². The van der Waals surface area contributed by atoms with E-state index in [1.165, 1.54) is 23.1 Å². The molecule has 0 unspecified atom stereocenters. The van der Waals surface area contributed by atoms with Crippen molar-refractivity contribution >= 4 is 45.0 Å². The first-order valence-corrected chi connectivity index (χ1v) is 11.9. The van der Waals surface area contributed by atoms with Gasteiger partial charge < -0.3 is 10.3 Å². The Hall–Kier alpha value is -3.43. The first-order chi connectivity index (χ1) is 15.6. The van der Waals surface area contributed by atoms with Gasteiger partial charge in [-0.1, -0.05) is 48.2 Å². The van der Waals surface area contributed by atoms with Crippen LogP contribution < -0.4 is 5.32 Å².